The van der Waals surface area contributed by atoms with Crippen LogP contribution < -0.4 is 10.2 Å². The van der Waals surface area contributed by atoms with Crippen molar-refractivity contribution in [3.63, 3.8) is 0 Å². The quantitative estimate of drug-likeness (QED) is 0.733. The van der Waals surface area contributed by atoms with Crippen molar-refractivity contribution >= 4 is 22.8 Å². The minimum Gasteiger partial charge on any atom is -0.480 e. The fourth-order valence-electron chi connectivity index (χ4n) is 2.36. The number of fused-ring (bicyclic) bond motifs is 1. The van der Waals surface area contributed by atoms with Crippen LogP contribution in [0, 0.1) is 0 Å². The highest BCUT2D eigenvalue weighted by molar-refractivity contribution is 5.89. The van der Waals surface area contributed by atoms with Crippen LogP contribution in [-0.4, -0.2) is 56.5 Å². The van der Waals surface area contributed by atoms with Crippen LogP contribution in [0.25, 0.3) is 11.0 Å². The van der Waals surface area contributed by atoms with E-state index in [0.717, 1.165) is 11.9 Å². The van der Waals surface area contributed by atoms with Gasteiger partial charge in [0.25, 0.3) is 0 Å². The lowest BCUT2D eigenvalue weighted by Gasteiger charge is -2.34. The number of nitrogens with zero attached hydrogens (tertiary/aromatic N) is 5. The number of aryl methyl sites for hydroxylation is 1. The first-order chi connectivity index (χ1) is 9.18. The van der Waals surface area contributed by atoms with Gasteiger partial charge in [0.2, 0.25) is 0 Å². The lowest BCUT2D eigenvalue weighted by Crippen LogP contribution is -2.55. The Labute approximate surface area is 109 Å². The molecule has 3 rings (SSSR count). The van der Waals surface area contributed by atoms with Crippen LogP contribution in [0.5, 0.6) is 0 Å². The van der Waals surface area contributed by atoms with Gasteiger partial charge in [-0.1, -0.05) is 0 Å². The molecule has 2 aromatic rings. The molecular weight excluding hydrogens is 248 g/mol. The maximum atomic E-state index is 11.3. The zero-order valence-electron chi connectivity index (χ0n) is 10.4. The Morgan fingerprint density at radius 1 is 1.53 bits per heavy atom. The molecule has 1 saturated heterocycles. The van der Waals surface area contributed by atoms with Gasteiger partial charge in [-0.3, -0.25) is 4.68 Å². The van der Waals surface area contributed by atoms with Gasteiger partial charge in [0.15, 0.2) is 5.65 Å². The maximum absolute atomic E-state index is 11.3. The highest BCUT2D eigenvalue weighted by atomic mass is 16.4. The van der Waals surface area contributed by atoms with E-state index in [2.05, 4.69) is 20.4 Å². The average molecular weight is 262 g/mol. The standard InChI is InChI=1S/C11H14N6O2/c1-16-9-7(4-15-16)10(14-6-13-9)17-3-2-12-5-8(17)11(18)19/h4,6,8,12H,2-3,5H2,1H3,(H,18,19). The average Bonchev–Trinajstić information content (AvgIpc) is 2.81. The number of aliphatic carboxylic acids is 1. The predicted octanol–water partition coefficient (Wildman–Crippen LogP) is -0.774. The van der Waals surface area contributed by atoms with Crippen LogP contribution >= 0.6 is 0 Å². The molecule has 0 spiro atoms. The molecule has 3 heterocycles. The zero-order valence-corrected chi connectivity index (χ0v) is 10.4. The summed E-state index contributed by atoms with van der Waals surface area (Å²) >= 11 is 0. The Balaban J connectivity index is 2.09. The first kappa shape index (κ1) is 11.8. The lowest BCUT2D eigenvalue weighted by molar-refractivity contribution is -0.138. The Morgan fingerprint density at radius 2 is 2.37 bits per heavy atom. The van der Waals surface area contributed by atoms with Crippen molar-refractivity contribution in [3.8, 4) is 0 Å². The summed E-state index contributed by atoms with van der Waals surface area (Å²) in [6.07, 6.45) is 3.12. The van der Waals surface area contributed by atoms with Gasteiger partial charge in [0.1, 0.15) is 18.2 Å². The minimum atomic E-state index is -0.858. The normalized spacial score (nSPS) is 19.8. The van der Waals surface area contributed by atoms with E-state index in [4.69, 9.17) is 0 Å². The molecule has 19 heavy (non-hydrogen) atoms. The molecule has 2 aromatic heterocycles. The monoisotopic (exact) mass is 262 g/mol. The first-order valence-corrected chi connectivity index (χ1v) is 6.01. The molecule has 2 N–H and O–H groups in total. The van der Waals surface area contributed by atoms with Crippen LogP contribution in [-0.2, 0) is 11.8 Å². The summed E-state index contributed by atoms with van der Waals surface area (Å²) in [4.78, 5) is 21.5. The number of piperazine rings is 1. The Hall–Kier alpha value is -2.22. The van der Waals surface area contributed by atoms with Crippen LogP contribution in [0.1, 0.15) is 0 Å². The number of carbonyl (C=O) groups is 1. The van der Waals surface area contributed by atoms with E-state index in [-0.39, 0.29) is 0 Å². The lowest BCUT2D eigenvalue weighted by atomic mass is 10.2. The SMILES string of the molecule is Cn1ncc2c(N3CCNCC3C(=O)O)ncnc21. The van der Waals surface area contributed by atoms with E-state index < -0.39 is 12.0 Å². The van der Waals surface area contributed by atoms with Crippen molar-refractivity contribution in [2.24, 2.45) is 7.05 Å². The Morgan fingerprint density at radius 3 is 3.16 bits per heavy atom. The number of aromatic nitrogens is 4. The fourth-order valence-corrected chi connectivity index (χ4v) is 2.36. The van der Waals surface area contributed by atoms with E-state index >= 15 is 0 Å². The largest absolute Gasteiger partial charge is 0.480 e. The second kappa shape index (κ2) is 4.47. The molecule has 1 unspecified atom stereocenters. The second-order valence-corrected chi connectivity index (χ2v) is 4.45. The predicted molar refractivity (Wildman–Crippen MR) is 67.9 cm³/mol. The van der Waals surface area contributed by atoms with Gasteiger partial charge in [-0.15, -0.1) is 0 Å². The van der Waals surface area contributed by atoms with Gasteiger partial charge in [0, 0.05) is 26.7 Å². The zero-order chi connectivity index (χ0) is 13.4. The summed E-state index contributed by atoms with van der Waals surface area (Å²) in [6, 6.07) is -0.618. The van der Waals surface area contributed by atoms with E-state index in [9.17, 15) is 9.90 Å². The molecule has 0 aromatic carbocycles. The minimum absolute atomic E-state index is 0.404. The number of carboxylic acid groups (broad SMARTS) is 1. The fraction of sp³-hybridized carbons (Fsp3) is 0.455. The maximum Gasteiger partial charge on any atom is 0.327 e. The smallest absolute Gasteiger partial charge is 0.327 e. The molecule has 1 aliphatic rings. The number of carboxylic acids is 1. The molecule has 0 bridgehead atoms. The van der Waals surface area contributed by atoms with Gasteiger partial charge in [-0.05, 0) is 0 Å². The van der Waals surface area contributed by atoms with Crippen LogP contribution in [0.4, 0.5) is 5.82 Å². The third-order valence-corrected chi connectivity index (χ3v) is 3.31. The van der Waals surface area contributed by atoms with Crippen molar-refractivity contribution in [1.29, 1.82) is 0 Å². The van der Waals surface area contributed by atoms with E-state index in [1.165, 1.54) is 6.33 Å². The number of hydrogen-bond acceptors (Lipinski definition) is 6. The molecule has 0 radical (unpaired) electrons. The molecule has 8 heteroatoms. The van der Waals surface area contributed by atoms with Crippen molar-refractivity contribution in [2.75, 3.05) is 24.5 Å². The third kappa shape index (κ3) is 1.89. The van der Waals surface area contributed by atoms with Gasteiger partial charge < -0.3 is 15.3 Å². The molecule has 1 aliphatic heterocycles. The van der Waals surface area contributed by atoms with Crippen molar-refractivity contribution in [3.05, 3.63) is 12.5 Å². The molecule has 8 nitrogen and oxygen atoms in total. The highest BCUT2D eigenvalue weighted by Crippen LogP contribution is 2.24. The van der Waals surface area contributed by atoms with Crippen molar-refractivity contribution in [2.45, 2.75) is 6.04 Å². The van der Waals surface area contributed by atoms with E-state index in [1.54, 1.807) is 22.8 Å². The summed E-state index contributed by atoms with van der Waals surface area (Å²) in [7, 11) is 1.80. The number of anilines is 1. The highest BCUT2D eigenvalue weighted by Gasteiger charge is 2.30. The summed E-state index contributed by atoms with van der Waals surface area (Å²) in [5, 5.41) is 17.3. The first-order valence-electron chi connectivity index (χ1n) is 6.01. The van der Waals surface area contributed by atoms with E-state index in [0.29, 0.717) is 24.6 Å². The van der Waals surface area contributed by atoms with Crippen molar-refractivity contribution in [1.82, 2.24) is 25.1 Å². The van der Waals surface area contributed by atoms with Crippen LogP contribution in [0.3, 0.4) is 0 Å². The molecule has 0 amide bonds. The van der Waals surface area contributed by atoms with E-state index in [1.807, 2.05) is 0 Å². The summed E-state index contributed by atoms with van der Waals surface area (Å²) in [6.45, 7) is 1.73. The summed E-state index contributed by atoms with van der Waals surface area (Å²) in [5.41, 5.74) is 0.702. The molecular formula is C11H14N6O2. The number of nitrogens with one attached hydrogen (secondary N) is 1. The summed E-state index contributed by atoms with van der Waals surface area (Å²) < 4.78 is 1.65. The second-order valence-electron chi connectivity index (χ2n) is 4.45. The topological polar surface area (TPSA) is 96.2 Å². The molecule has 0 saturated carbocycles. The molecule has 1 atom stereocenters. The molecule has 1 fully saturated rings. The van der Waals surface area contributed by atoms with Gasteiger partial charge in [-0.25, -0.2) is 14.8 Å². The molecule has 100 valence electrons. The van der Waals surface area contributed by atoms with Crippen LogP contribution in [0.15, 0.2) is 12.5 Å². The molecule has 0 aliphatic carbocycles. The number of rotatable bonds is 2. The summed E-state index contributed by atoms with van der Waals surface area (Å²) in [5.74, 6) is -0.227. The Kier molecular flexibility index (Phi) is 2.79. The van der Waals surface area contributed by atoms with Crippen molar-refractivity contribution < 1.29 is 9.90 Å². The van der Waals surface area contributed by atoms with Gasteiger partial charge >= 0.3 is 5.97 Å². The number of hydrogen-bond donors (Lipinski definition) is 2. The van der Waals surface area contributed by atoms with Crippen LogP contribution in [0.2, 0.25) is 0 Å². The van der Waals surface area contributed by atoms with Gasteiger partial charge in [-0.2, -0.15) is 5.10 Å². The Bertz CT molecular complexity index is 625. The third-order valence-electron chi connectivity index (χ3n) is 3.31. The van der Waals surface area contributed by atoms with Gasteiger partial charge in [0.05, 0.1) is 11.6 Å².